The molecule has 4 N–H and O–H groups in total. The molecule has 18 heavy (non-hydrogen) atoms. The van der Waals surface area contributed by atoms with Crippen molar-refractivity contribution in [3.63, 3.8) is 0 Å². The standard InChI is InChI=1S/C13H18N4O/c1-17(9-14)12(16)6-13(7-18-8-13)10-3-2-4-11(15)5-10/h2-5,9,14,16H,6-8,15H2,1H3. The smallest absolute Gasteiger partial charge is 0.102 e. The van der Waals surface area contributed by atoms with Crippen molar-refractivity contribution < 1.29 is 4.74 Å². The van der Waals surface area contributed by atoms with Crippen LogP contribution in [0.1, 0.15) is 12.0 Å². The summed E-state index contributed by atoms with van der Waals surface area (Å²) in [5, 5.41) is 15.1. The Balaban J connectivity index is 2.21. The van der Waals surface area contributed by atoms with E-state index < -0.39 is 0 Å². The van der Waals surface area contributed by atoms with E-state index in [1.54, 1.807) is 7.05 Å². The predicted molar refractivity (Wildman–Crippen MR) is 72.2 cm³/mol. The van der Waals surface area contributed by atoms with Crippen molar-refractivity contribution in [2.45, 2.75) is 11.8 Å². The molecule has 0 amide bonds. The fourth-order valence-corrected chi connectivity index (χ4v) is 2.11. The van der Waals surface area contributed by atoms with Crippen molar-refractivity contribution in [2.75, 3.05) is 26.0 Å². The van der Waals surface area contributed by atoms with E-state index in [2.05, 4.69) is 0 Å². The van der Waals surface area contributed by atoms with Gasteiger partial charge >= 0.3 is 0 Å². The third-order valence-electron chi connectivity index (χ3n) is 3.38. The number of amidine groups is 1. The predicted octanol–water partition coefficient (Wildman–Crippen LogP) is 1.44. The number of rotatable bonds is 4. The van der Waals surface area contributed by atoms with E-state index in [9.17, 15) is 0 Å². The van der Waals surface area contributed by atoms with Gasteiger partial charge < -0.3 is 15.4 Å². The molecule has 0 saturated carbocycles. The fourth-order valence-electron chi connectivity index (χ4n) is 2.11. The Morgan fingerprint density at radius 1 is 1.56 bits per heavy atom. The van der Waals surface area contributed by atoms with Gasteiger partial charge in [-0.3, -0.25) is 10.8 Å². The number of hydrogen-bond acceptors (Lipinski definition) is 4. The van der Waals surface area contributed by atoms with Gasteiger partial charge in [-0.15, -0.1) is 0 Å². The van der Waals surface area contributed by atoms with E-state index in [0.29, 0.717) is 25.5 Å². The molecule has 0 spiro atoms. The lowest BCUT2D eigenvalue weighted by atomic mass is 9.75. The van der Waals surface area contributed by atoms with Gasteiger partial charge in [0.25, 0.3) is 0 Å². The van der Waals surface area contributed by atoms with Crippen molar-refractivity contribution >= 4 is 17.9 Å². The van der Waals surface area contributed by atoms with Crippen LogP contribution in [0, 0.1) is 10.8 Å². The largest absolute Gasteiger partial charge is 0.399 e. The molecule has 0 unspecified atom stereocenters. The van der Waals surface area contributed by atoms with E-state index >= 15 is 0 Å². The zero-order chi connectivity index (χ0) is 13.2. The molecule has 1 aromatic rings. The highest BCUT2D eigenvalue weighted by molar-refractivity contribution is 5.89. The Morgan fingerprint density at radius 2 is 2.28 bits per heavy atom. The first-order chi connectivity index (χ1) is 8.57. The highest BCUT2D eigenvalue weighted by Gasteiger charge is 2.41. The van der Waals surface area contributed by atoms with Crippen LogP contribution in [-0.4, -0.2) is 37.3 Å². The quantitative estimate of drug-likeness (QED) is 0.427. The lowest BCUT2D eigenvalue weighted by Gasteiger charge is -2.42. The summed E-state index contributed by atoms with van der Waals surface area (Å²) in [6.07, 6.45) is 1.71. The zero-order valence-electron chi connectivity index (χ0n) is 10.4. The van der Waals surface area contributed by atoms with Crippen LogP contribution in [0.2, 0.25) is 0 Å². The number of benzene rings is 1. The molecular formula is C13H18N4O. The van der Waals surface area contributed by atoms with Crippen molar-refractivity contribution in [1.82, 2.24) is 4.90 Å². The topological polar surface area (TPSA) is 86.2 Å². The van der Waals surface area contributed by atoms with Crippen LogP contribution in [0.3, 0.4) is 0 Å². The Hall–Kier alpha value is -1.88. The second kappa shape index (κ2) is 4.78. The van der Waals surface area contributed by atoms with Gasteiger partial charge in [0, 0.05) is 24.6 Å². The van der Waals surface area contributed by atoms with Crippen LogP contribution in [-0.2, 0) is 10.2 Å². The molecule has 96 valence electrons. The summed E-state index contributed by atoms with van der Waals surface area (Å²) in [5.41, 5.74) is 7.48. The van der Waals surface area contributed by atoms with Crippen LogP contribution in [0.5, 0.6) is 0 Å². The van der Waals surface area contributed by atoms with E-state index in [1.807, 2.05) is 24.3 Å². The van der Waals surface area contributed by atoms with Gasteiger partial charge in [0.2, 0.25) is 0 Å². The van der Waals surface area contributed by atoms with Gasteiger partial charge in [0.1, 0.15) is 5.84 Å². The van der Waals surface area contributed by atoms with Gasteiger partial charge in [-0.1, -0.05) is 12.1 Å². The summed E-state index contributed by atoms with van der Waals surface area (Å²) in [7, 11) is 1.71. The number of hydrogen-bond donors (Lipinski definition) is 3. The average molecular weight is 246 g/mol. The average Bonchev–Trinajstić information content (AvgIpc) is 2.32. The summed E-state index contributed by atoms with van der Waals surface area (Å²) >= 11 is 0. The summed E-state index contributed by atoms with van der Waals surface area (Å²) < 4.78 is 5.33. The first-order valence-electron chi connectivity index (χ1n) is 5.82. The lowest BCUT2D eigenvalue weighted by molar-refractivity contribution is -0.0570. The first kappa shape index (κ1) is 12.6. The number of nitrogens with one attached hydrogen (secondary N) is 2. The summed E-state index contributed by atoms with van der Waals surface area (Å²) in [6, 6.07) is 7.75. The Morgan fingerprint density at radius 3 is 2.78 bits per heavy atom. The molecule has 0 bridgehead atoms. The Labute approximate surface area is 107 Å². The minimum Gasteiger partial charge on any atom is -0.399 e. The van der Waals surface area contributed by atoms with Crippen molar-refractivity contribution in [1.29, 1.82) is 10.8 Å². The third-order valence-corrected chi connectivity index (χ3v) is 3.38. The highest BCUT2D eigenvalue weighted by atomic mass is 16.5. The number of nitrogen functional groups attached to an aromatic ring is 1. The van der Waals surface area contributed by atoms with Crippen LogP contribution in [0.4, 0.5) is 5.69 Å². The zero-order valence-corrected chi connectivity index (χ0v) is 10.4. The SMILES string of the molecule is CN(C=N)C(=N)CC1(c2cccc(N)c2)COC1. The van der Waals surface area contributed by atoms with E-state index in [-0.39, 0.29) is 5.41 Å². The number of ether oxygens (including phenoxy) is 1. The van der Waals surface area contributed by atoms with Crippen LogP contribution in [0.25, 0.3) is 0 Å². The van der Waals surface area contributed by atoms with Crippen molar-refractivity contribution in [2.24, 2.45) is 0 Å². The molecule has 0 radical (unpaired) electrons. The fraction of sp³-hybridized carbons (Fsp3) is 0.385. The Kier molecular flexibility index (Phi) is 3.34. The van der Waals surface area contributed by atoms with Gasteiger partial charge in [-0.2, -0.15) is 0 Å². The van der Waals surface area contributed by atoms with E-state index in [0.717, 1.165) is 17.6 Å². The molecule has 0 aromatic heterocycles. The molecule has 1 fully saturated rings. The molecule has 2 rings (SSSR count). The number of nitrogens with zero attached hydrogens (tertiary/aromatic N) is 1. The molecule has 1 saturated heterocycles. The molecule has 0 aliphatic carbocycles. The van der Waals surface area contributed by atoms with E-state index in [1.165, 1.54) is 4.90 Å². The second-order valence-corrected chi connectivity index (χ2v) is 4.76. The summed E-state index contributed by atoms with van der Waals surface area (Å²) in [4.78, 5) is 1.51. The van der Waals surface area contributed by atoms with Gasteiger partial charge in [0.05, 0.1) is 19.6 Å². The van der Waals surface area contributed by atoms with Gasteiger partial charge in [-0.25, -0.2) is 0 Å². The maximum Gasteiger partial charge on any atom is 0.102 e. The second-order valence-electron chi connectivity index (χ2n) is 4.76. The Bertz CT molecular complexity index is 468. The third kappa shape index (κ3) is 2.22. The van der Waals surface area contributed by atoms with Crippen LogP contribution in [0.15, 0.2) is 24.3 Å². The van der Waals surface area contributed by atoms with Crippen molar-refractivity contribution in [3.8, 4) is 0 Å². The van der Waals surface area contributed by atoms with E-state index in [4.69, 9.17) is 21.3 Å². The molecule has 1 aliphatic rings. The normalized spacial score (nSPS) is 16.7. The maximum atomic E-state index is 7.98. The van der Waals surface area contributed by atoms with Gasteiger partial charge in [-0.05, 0) is 17.7 Å². The maximum absolute atomic E-state index is 7.98. The molecule has 5 nitrogen and oxygen atoms in total. The molecule has 5 heteroatoms. The monoisotopic (exact) mass is 246 g/mol. The summed E-state index contributed by atoms with van der Waals surface area (Å²) in [6.45, 7) is 1.20. The number of nitrogens with two attached hydrogens (primary N) is 1. The van der Waals surface area contributed by atoms with Gasteiger partial charge in [0.15, 0.2) is 0 Å². The summed E-state index contributed by atoms with van der Waals surface area (Å²) in [5.74, 6) is 0.413. The minimum absolute atomic E-state index is 0.163. The van der Waals surface area contributed by atoms with Crippen LogP contribution >= 0.6 is 0 Å². The number of anilines is 1. The molecular weight excluding hydrogens is 228 g/mol. The molecule has 0 atom stereocenters. The van der Waals surface area contributed by atoms with Crippen molar-refractivity contribution in [3.05, 3.63) is 29.8 Å². The molecule has 1 heterocycles. The minimum atomic E-state index is -0.163. The highest BCUT2D eigenvalue weighted by Crippen LogP contribution is 2.36. The molecule has 1 aromatic carbocycles. The van der Waals surface area contributed by atoms with Crippen LogP contribution < -0.4 is 5.73 Å². The lowest BCUT2D eigenvalue weighted by Crippen LogP contribution is -2.49. The molecule has 1 aliphatic heterocycles. The first-order valence-corrected chi connectivity index (χ1v) is 5.82.